The van der Waals surface area contributed by atoms with Gasteiger partial charge in [0.1, 0.15) is 17.6 Å². The van der Waals surface area contributed by atoms with Crippen LogP contribution in [0.15, 0.2) is 45.8 Å². The molecule has 178 valence electrons. The van der Waals surface area contributed by atoms with Crippen LogP contribution in [0.4, 0.5) is 10.2 Å². The fourth-order valence-corrected chi connectivity index (χ4v) is 3.81. The number of aromatic nitrogens is 2. The Morgan fingerprint density at radius 1 is 1.35 bits per heavy atom. The first-order chi connectivity index (χ1) is 16.3. The molecule has 1 aliphatic carbocycles. The molecule has 1 aromatic carbocycles. The number of benzene rings is 1. The first-order valence-corrected chi connectivity index (χ1v) is 11.2. The van der Waals surface area contributed by atoms with Crippen LogP contribution in [0.2, 0.25) is 0 Å². The summed E-state index contributed by atoms with van der Waals surface area (Å²) in [5.74, 6) is 0.317. The molecule has 1 aliphatic heterocycles. The number of allylic oxidation sites excluding steroid dienone is 2. The van der Waals surface area contributed by atoms with Crippen LogP contribution in [-0.2, 0) is 0 Å². The summed E-state index contributed by atoms with van der Waals surface area (Å²) in [6, 6.07) is 4.21. The highest BCUT2D eigenvalue weighted by Crippen LogP contribution is 2.32. The van der Waals surface area contributed by atoms with Crippen molar-refractivity contribution >= 4 is 23.0 Å². The zero-order valence-electron chi connectivity index (χ0n) is 19.5. The minimum Gasteiger partial charge on any atom is -0.467 e. The average molecular weight is 465 g/mol. The topological polar surface area (TPSA) is 148 Å². The smallest absolute Gasteiger partial charge is 0.258 e. The van der Waals surface area contributed by atoms with Crippen LogP contribution >= 0.6 is 0 Å². The average Bonchev–Trinajstić information content (AvgIpc) is 3.63. The molecule has 2 aliphatic rings. The molecular formula is C24H29FN8O. The first-order valence-electron chi connectivity index (χ1n) is 11.2. The summed E-state index contributed by atoms with van der Waals surface area (Å²) in [5, 5.41) is 13.3. The highest BCUT2D eigenvalue weighted by molar-refractivity contribution is 6.48. The Morgan fingerprint density at radius 2 is 2.12 bits per heavy atom. The first kappa shape index (κ1) is 23.3. The van der Waals surface area contributed by atoms with E-state index >= 15 is 0 Å². The Kier molecular flexibility index (Phi) is 6.58. The van der Waals surface area contributed by atoms with E-state index in [1.807, 2.05) is 0 Å². The number of nitrogens with zero attached hydrogens (tertiary/aromatic N) is 4. The van der Waals surface area contributed by atoms with Gasteiger partial charge in [-0.3, -0.25) is 10.4 Å². The number of nitrogen functional groups attached to an aromatic ring is 1. The lowest BCUT2D eigenvalue weighted by molar-refractivity contribution is 0.217. The monoisotopic (exact) mass is 464 g/mol. The van der Waals surface area contributed by atoms with Gasteiger partial charge >= 0.3 is 0 Å². The molecule has 0 radical (unpaired) electrons. The van der Waals surface area contributed by atoms with E-state index in [0.717, 1.165) is 12.8 Å². The van der Waals surface area contributed by atoms with Crippen molar-refractivity contribution in [2.45, 2.75) is 39.2 Å². The zero-order chi connectivity index (χ0) is 24.4. The van der Waals surface area contributed by atoms with E-state index in [2.05, 4.69) is 20.5 Å². The maximum atomic E-state index is 14.2. The second kappa shape index (κ2) is 9.58. The van der Waals surface area contributed by atoms with Gasteiger partial charge in [0.05, 0.1) is 23.3 Å². The van der Waals surface area contributed by atoms with E-state index < -0.39 is 11.9 Å². The Labute approximate surface area is 197 Å². The summed E-state index contributed by atoms with van der Waals surface area (Å²) in [4.78, 5) is 13.8. The summed E-state index contributed by atoms with van der Waals surface area (Å²) in [5.41, 5.74) is 18.9. The lowest BCUT2D eigenvalue weighted by Gasteiger charge is -2.22. The molecular weight excluding hydrogens is 435 g/mol. The number of aliphatic imine (C=N–C) groups is 1. The largest absolute Gasteiger partial charge is 0.467 e. The molecule has 9 nitrogen and oxygen atoms in total. The van der Waals surface area contributed by atoms with Crippen molar-refractivity contribution in [3.8, 4) is 5.88 Å². The second-order valence-electron chi connectivity index (χ2n) is 8.57. The molecule has 34 heavy (non-hydrogen) atoms. The predicted octanol–water partition coefficient (Wildman–Crippen LogP) is 3.12. The Bertz CT molecular complexity index is 1210. The highest BCUT2D eigenvalue weighted by atomic mass is 19.1. The minimum absolute atomic E-state index is 0.106. The molecule has 2 aromatic rings. The molecule has 2 bridgehead atoms. The fraction of sp³-hybridized carbons (Fsp3) is 0.375. The summed E-state index contributed by atoms with van der Waals surface area (Å²) >= 11 is 0. The van der Waals surface area contributed by atoms with Crippen molar-refractivity contribution < 1.29 is 9.13 Å². The van der Waals surface area contributed by atoms with Crippen LogP contribution in [-0.4, -0.2) is 40.7 Å². The lowest BCUT2D eigenvalue weighted by atomic mass is 9.91. The molecule has 1 atom stereocenters. The summed E-state index contributed by atoms with van der Waals surface area (Å²) in [6.45, 7) is 4.17. The van der Waals surface area contributed by atoms with Gasteiger partial charge in [0, 0.05) is 42.4 Å². The molecule has 1 aromatic heterocycles. The highest BCUT2D eigenvalue weighted by Gasteiger charge is 2.27. The van der Waals surface area contributed by atoms with Crippen molar-refractivity contribution in [3.05, 3.63) is 58.3 Å². The predicted molar refractivity (Wildman–Crippen MR) is 131 cm³/mol. The zero-order valence-corrected chi connectivity index (χ0v) is 19.5. The number of fused-ring (bicyclic) bond motifs is 3. The van der Waals surface area contributed by atoms with Gasteiger partial charge < -0.3 is 21.6 Å². The van der Waals surface area contributed by atoms with Crippen LogP contribution in [0, 0.1) is 17.1 Å². The number of anilines is 1. The van der Waals surface area contributed by atoms with Gasteiger partial charge in [-0.25, -0.2) is 14.4 Å². The third-order valence-electron chi connectivity index (χ3n) is 5.86. The van der Waals surface area contributed by atoms with Crippen molar-refractivity contribution in [1.82, 2.24) is 15.4 Å². The fourth-order valence-electron chi connectivity index (χ4n) is 3.81. The number of hydrogen-bond donors (Lipinski definition) is 4. The van der Waals surface area contributed by atoms with Crippen molar-refractivity contribution in [1.29, 1.82) is 5.41 Å². The number of nitrogens with two attached hydrogens (primary N) is 2. The minimum atomic E-state index is -0.661. The number of nitrogens with one attached hydrogen (secondary N) is 2. The molecule has 1 unspecified atom stereocenters. The molecule has 2 heterocycles. The molecule has 1 saturated carbocycles. The van der Waals surface area contributed by atoms with Gasteiger partial charge in [-0.1, -0.05) is 0 Å². The number of hydrazone groups is 1. The van der Waals surface area contributed by atoms with Gasteiger partial charge in [-0.05, 0) is 50.8 Å². The third-order valence-corrected chi connectivity index (χ3v) is 5.86. The molecule has 0 saturated heterocycles. The lowest BCUT2D eigenvalue weighted by Crippen LogP contribution is -2.26. The molecule has 0 amide bonds. The Hall–Kier alpha value is -3.82. The standard InChI is InChI=1S/C24H29FN8O/c1-12(26)17-9-19(33-29-3)21(27)16-7-6-15(25)8-18(16)13(2)34-24-23(28)31-11-20(32-24)22(17)30-10-14-4-5-14/h6-8,11,13-14,27,29H,4-5,9-10,26H2,1-3H3,(H2,28,31)/b17-12?,27-21?,30-22?,33-19-. The maximum Gasteiger partial charge on any atom is 0.258 e. The normalized spacial score (nSPS) is 22.5. The van der Waals surface area contributed by atoms with Crippen LogP contribution in [0.3, 0.4) is 0 Å². The molecule has 1 fully saturated rings. The van der Waals surface area contributed by atoms with Crippen LogP contribution in [0.5, 0.6) is 5.88 Å². The molecule has 6 N–H and O–H groups in total. The Morgan fingerprint density at radius 3 is 2.79 bits per heavy atom. The molecule has 4 rings (SSSR count). The van der Waals surface area contributed by atoms with Crippen molar-refractivity contribution in [2.75, 3.05) is 19.3 Å². The van der Waals surface area contributed by atoms with Crippen LogP contribution in [0.1, 0.15) is 56.0 Å². The SMILES string of the molecule is CN/N=C1/CC(=C(C)N)C(=NCC2CC2)c2cnc(N)c(n2)OC(C)c2cc(F)ccc2C1=N. The van der Waals surface area contributed by atoms with E-state index in [9.17, 15) is 4.39 Å². The van der Waals surface area contributed by atoms with Gasteiger partial charge in [0.2, 0.25) is 0 Å². The van der Waals surface area contributed by atoms with E-state index in [4.69, 9.17) is 26.6 Å². The van der Waals surface area contributed by atoms with Crippen molar-refractivity contribution in [2.24, 2.45) is 21.7 Å². The van der Waals surface area contributed by atoms with Crippen LogP contribution in [0.25, 0.3) is 0 Å². The number of rotatable bonds is 3. The quantitative estimate of drug-likeness (QED) is 0.513. The maximum absolute atomic E-state index is 14.2. The Balaban J connectivity index is 1.95. The number of hydrogen-bond acceptors (Lipinski definition) is 9. The van der Waals surface area contributed by atoms with Gasteiger partial charge in [-0.15, -0.1) is 0 Å². The second-order valence-corrected chi connectivity index (χ2v) is 8.57. The van der Waals surface area contributed by atoms with Gasteiger partial charge in [-0.2, -0.15) is 5.10 Å². The summed E-state index contributed by atoms with van der Waals surface area (Å²) in [6.07, 6.45) is 3.38. The summed E-state index contributed by atoms with van der Waals surface area (Å²) in [7, 11) is 1.66. The molecule has 0 spiro atoms. The van der Waals surface area contributed by atoms with E-state index in [1.54, 1.807) is 33.2 Å². The van der Waals surface area contributed by atoms with Gasteiger partial charge in [0.15, 0.2) is 5.82 Å². The van der Waals surface area contributed by atoms with Gasteiger partial charge in [0.25, 0.3) is 5.88 Å². The van der Waals surface area contributed by atoms with Crippen LogP contribution < -0.4 is 21.6 Å². The molecule has 10 heteroatoms. The number of ether oxygens (including phenoxy) is 1. The van der Waals surface area contributed by atoms with Crippen molar-refractivity contribution in [3.63, 3.8) is 0 Å². The number of halogens is 1. The summed E-state index contributed by atoms with van der Waals surface area (Å²) < 4.78 is 20.3. The van der Waals surface area contributed by atoms with E-state index in [0.29, 0.717) is 52.0 Å². The van der Waals surface area contributed by atoms with E-state index in [-0.39, 0.29) is 23.8 Å². The van der Waals surface area contributed by atoms with E-state index in [1.165, 1.54) is 12.1 Å². The third kappa shape index (κ3) is 4.90.